The summed E-state index contributed by atoms with van der Waals surface area (Å²) in [6.45, 7) is 8.70. The van der Waals surface area contributed by atoms with Gasteiger partial charge in [0.05, 0.1) is 5.69 Å². The van der Waals surface area contributed by atoms with Crippen LogP contribution in [0.1, 0.15) is 67.2 Å². The minimum Gasteiger partial charge on any atom is 0 e. The quantitative estimate of drug-likeness (QED) is 0.107. The molecule has 4 aromatic heterocycles. The van der Waals surface area contributed by atoms with Crippen LogP contribution < -0.4 is 4.40 Å². The minimum atomic E-state index is -2.20. The molecule has 4 heterocycles. The third kappa shape index (κ3) is 9.46. The molecule has 0 N–H and O–H groups in total. The number of aromatic nitrogens is 3. The van der Waals surface area contributed by atoms with Gasteiger partial charge in [0.15, 0.2) is 0 Å². The SMILES string of the molecule is CC(C)(c1ccnc(-c2[c-]cc(-c3ccccc3)c3c2sc2nc(-c4ccccc4)ccc23)c1)C1CCCC1.[2H]C([2H])(c1cc(-c2[c-]cccc2)nc[c]1[Ge]([CH3])([CH3])[CH3])C(C)C.[Ir]. The van der Waals surface area contributed by atoms with Crippen molar-refractivity contribution < 1.29 is 22.8 Å². The number of fused-ring (bicyclic) bond motifs is 3. The fraction of sp³-hybridized carbons (Fsp3) is 0.278. The van der Waals surface area contributed by atoms with Crippen molar-refractivity contribution >= 4 is 49.3 Å². The van der Waals surface area contributed by atoms with Crippen LogP contribution in [0, 0.1) is 24.0 Å². The standard InChI is InChI=1S/C36H31N2S.C18H24GeN.Ir/c1-36(2,26-15-9-10-16-26)27-21-22-37-32(23-27)29-18-17-28(24-11-5-3-6-12-24)33-30-19-20-31(25-13-7-4-8-14-25)38-35(30)39-34(29)33;1-14(2)11-16-12-18(15-9-7-6-8-10-15)20-13-17(16)19(3,4)5;/h3-8,11-14,17,19-23,26H,9-10,15-16H2,1-2H3;6-9,12-14H,11H2,1-5H3;/q2*-1;/i;11D2;. The van der Waals surface area contributed by atoms with Crippen LogP contribution in [-0.4, -0.2) is 28.2 Å². The summed E-state index contributed by atoms with van der Waals surface area (Å²) in [5.74, 6) is 7.50. The van der Waals surface area contributed by atoms with Gasteiger partial charge in [-0.15, -0.1) is 17.7 Å². The van der Waals surface area contributed by atoms with Gasteiger partial charge in [-0.25, -0.2) is 4.98 Å². The van der Waals surface area contributed by atoms with Crippen LogP contribution in [0.25, 0.3) is 65.2 Å². The van der Waals surface area contributed by atoms with Gasteiger partial charge < -0.3 is 4.98 Å². The average Bonchev–Trinajstić information content (AvgIpc) is 3.97. The van der Waals surface area contributed by atoms with Gasteiger partial charge in [-0.05, 0) is 52.3 Å². The zero-order valence-electron chi connectivity index (χ0n) is 37.8. The molecule has 4 aromatic carbocycles. The summed E-state index contributed by atoms with van der Waals surface area (Å²) < 4.78 is 19.5. The maximum atomic E-state index is 8.56. The van der Waals surface area contributed by atoms with Gasteiger partial charge in [-0.1, -0.05) is 116 Å². The van der Waals surface area contributed by atoms with Crippen molar-refractivity contribution in [3.8, 4) is 44.9 Å². The monoisotopic (exact) mass is 1050 g/mol. The van der Waals surface area contributed by atoms with Crippen molar-refractivity contribution in [3.05, 3.63) is 157 Å². The molecule has 3 nitrogen and oxygen atoms in total. The Bertz CT molecular complexity index is 2780. The Labute approximate surface area is 380 Å². The number of benzene rings is 4. The Morgan fingerprint density at radius 1 is 0.800 bits per heavy atom. The van der Waals surface area contributed by atoms with Crippen LogP contribution in [0.4, 0.5) is 0 Å². The fourth-order valence-corrected chi connectivity index (χ4v) is 12.7. The van der Waals surface area contributed by atoms with Crippen molar-refractivity contribution in [2.45, 2.75) is 82.4 Å². The van der Waals surface area contributed by atoms with E-state index >= 15 is 0 Å². The molecule has 1 fully saturated rings. The van der Waals surface area contributed by atoms with E-state index in [1.807, 2.05) is 62.6 Å². The van der Waals surface area contributed by atoms with Gasteiger partial charge in [-0.3, -0.25) is 0 Å². The number of thiophene rings is 1. The van der Waals surface area contributed by atoms with E-state index in [2.05, 4.69) is 133 Å². The molecule has 0 aliphatic heterocycles. The second-order valence-corrected chi connectivity index (χ2v) is 29.3. The van der Waals surface area contributed by atoms with Crippen molar-refractivity contribution in [2.24, 2.45) is 11.8 Å². The van der Waals surface area contributed by atoms with Crippen LogP contribution in [0.15, 0.2) is 134 Å². The predicted molar refractivity (Wildman–Crippen MR) is 255 cm³/mol. The maximum Gasteiger partial charge on any atom is 0 e. The van der Waals surface area contributed by atoms with Crippen LogP contribution in [0.3, 0.4) is 0 Å². The Balaban J connectivity index is 0.000000215. The van der Waals surface area contributed by atoms with E-state index in [1.54, 1.807) is 11.3 Å². The van der Waals surface area contributed by atoms with E-state index in [1.165, 1.54) is 57.8 Å². The molecule has 0 amide bonds. The second-order valence-electron chi connectivity index (χ2n) is 17.7. The van der Waals surface area contributed by atoms with Crippen molar-refractivity contribution in [2.75, 3.05) is 0 Å². The van der Waals surface area contributed by atoms with Crippen molar-refractivity contribution in [3.63, 3.8) is 0 Å². The summed E-state index contributed by atoms with van der Waals surface area (Å²) >= 11 is -0.445. The maximum absolute atomic E-state index is 8.56. The van der Waals surface area contributed by atoms with E-state index < -0.39 is 19.6 Å². The molecule has 60 heavy (non-hydrogen) atoms. The van der Waals surface area contributed by atoms with Crippen molar-refractivity contribution in [1.82, 2.24) is 15.0 Å². The van der Waals surface area contributed by atoms with E-state index in [9.17, 15) is 0 Å². The third-order valence-corrected chi connectivity index (χ3v) is 17.2. The molecule has 0 unspecified atom stereocenters. The van der Waals surface area contributed by atoms with E-state index in [0.717, 1.165) is 54.5 Å². The van der Waals surface area contributed by atoms with E-state index in [0.29, 0.717) is 0 Å². The van der Waals surface area contributed by atoms with Gasteiger partial charge in [0.1, 0.15) is 4.83 Å². The first-order valence-corrected chi connectivity index (χ1v) is 29.2. The summed E-state index contributed by atoms with van der Waals surface area (Å²) in [4.78, 5) is 15.7. The Kier molecular flexibility index (Phi) is 12.9. The Morgan fingerprint density at radius 2 is 1.50 bits per heavy atom. The molecule has 1 radical (unpaired) electrons. The summed E-state index contributed by atoms with van der Waals surface area (Å²) in [6.07, 6.45) is 7.89. The summed E-state index contributed by atoms with van der Waals surface area (Å²) in [5, 5.41) is 2.43. The van der Waals surface area contributed by atoms with Crippen LogP contribution >= 0.6 is 11.3 Å². The smallest absolute Gasteiger partial charge is 0 e. The first-order chi connectivity index (χ1) is 29.2. The van der Waals surface area contributed by atoms with Crippen molar-refractivity contribution in [1.29, 1.82) is 0 Å². The third-order valence-electron chi connectivity index (χ3n) is 11.8. The number of nitrogens with zero attached hydrogens (tertiary/aromatic N) is 3. The Hall–Kier alpha value is -4.26. The predicted octanol–water partition coefficient (Wildman–Crippen LogP) is 14.4. The topological polar surface area (TPSA) is 38.7 Å². The molecular weight excluding hydrogens is 988 g/mol. The zero-order valence-corrected chi connectivity index (χ0v) is 41.1. The molecular formula is C54H55GeIrN3S-2. The number of rotatable bonds is 9. The average molecular weight is 1040 g/mol. The molecule has 0 spiro atoms. The van der Waals surface area contributed by atoms with Gasteiger partial charge >= 0.3 is 128 Å². The molecule has 9 rings (SSSR count). The van der Waals surface area contributed by atoms with Crippen LogP contribution in [-0.2, 0) is 31.9 Å². The molecule has 0 saturated heterocycles. The molecule has 8 aromatic rings. The van der Waals surface area contributed by atoms with Gasteiger partial charge in [0.2, 0.25) is 0 Å². The second kappa shape index (κ2) is 18.8. The molecule has 6 heteroatoms. The molecule has 307 valence electrons. The fourth-order valence-electron chi connectivity index (χ4n) is 8.54. The number of hydrogen-bond acceptors (Lipinski definition) is 4. The first-order valence-electron chi connectivity index (χ1n) is 22.1. The molecule has 1 aliphatic rings. The molecule has 0 bridgehead atoms. The molecule has 0 atom stereocenters. The van der Waals surface area contributed by atoms with Crippen LogP contribution in [0.2, 0.25) is 17.3 Å². The zero-order chi connectivity index (χ0) is 42.9. The molecule has 1 aliphatic carbocycles. The minimum absolute atomic E-state index is 0. The number of hydrogen-bond donors (Lipinski definition) is 0. The number of pyridine rings is 3. The van der Waals surface area contributed by atoms with Crippen LogP contribution in [0.5, 0.6) is 0 Å². The summed E-state index contributed by atoms with van der Waals surface area (Å²) in [6, 6.07) is 48.7. The van der Waals surface area contributed by atoms with Gasteiger partial charge in [-0.2, -0.15) is 11.3 Å². The largest absolute Gasteiger partial charge is 0 e. The first kappa shape index (κ1) is 41.1. The van der Waals surface area contributed by atoms with Gasteiger partial charge in [0, 0.05) is 37.3 Å². The van der Waals surface area contributed by atoms with E-state index in [4.69, 9.17) is 12.7 Å². The summed E-state index contributed by atoms with van der Waals surface area (Å²) in [5.41, 5.74) is 10.6. The van der Waals surface area contributed by atoms with E-state index in [-0.39, 0.29) is 31.4 Å². The van der Waals surface area contributed by atoms with Gasteiger partial charge in [0.25, 0.3) is 0 Å². The normalized spacial score (nSPS) is 14.1. The molecule has 1 saturated carbocycles. The summed E-state index contributed by atoms with van der Waals surface area (Å²) in [7, 11) is 0. The Morgan fingerprint density at radius 3 is 2.17 bits per heavy atom.